The molecule has 1 aromatic carbocycles. The third-order valence-corrected chi connectivity index (χ3v) is 6.70. The van der Waals surface area contributed by atoms with E-state index in [0.717, 1.165) is 36.3 Å². The zero-order valence-electron chi connectivity index (χ0n) is 15.2. The predicted octanol–water partition coefficient (Wildman–Crippen LogP) is 4.06. The maximum absolute atomic E-state index is 12.8. The lowest BCUT2D eigenvalue weighted by Gasteiger charge is -2.28. The van der Waals surface area contributed by atoms with Gasteiger partial charge >= 0.3 is 6.36 Å². The predicted molar refractivity (Wildman–Crippen MR) is 96.2 cm³/mol. The van der Waals surface area contributed by atoms with Gasteiger partial charge < -0.3 is 4.74 Å². The molecule has 1 aliphatic carbocycles. The smallest absolute Gasteiger partial charge is 0.406 e. The SMILES string of the molecule is O=C(/C=C1\CCCN(S(=O)(=O)c2ccc(OC(F)(F)F)cc2)C1)CCC1CC1. The lowest BCUT2D eigenvalue weighted by molar-refractivity contribution is -0.274. The topological polar surface area (TPSA) is 63.7 Å². The minimum atomic E-state index is -4.83. The fourth-order valence-corrected chi connectivity index (χ4v) is 4.69. The Morgan fingerprint density at radius 2 is 1.89 bits per heavy atom. The fourth-order valence-electron chi connectivity index (χ4n) is 3.21. The highest BCUT2D eigenvalue weighted by atomic mass is 32.2. The van der Waals surface area contributed by atoms with E-state index in [1.54, 1.807) is 6.08 Å². The summed E-state index contributed by atoms with van der Waals surface area (Å²) >= 11 is 0. The molecule has 28 heavy (non-hydrogen) atoms. The van der Waals surface area contributed by atoms with Crippen LogP contribution in [-0.2, 0) is 14.8 Å². The number of alkyl halides is 3. The van der Waals surface area contributed by atoms with Crippen molar-refractivity contribution in [3.05, 3.63) is 35.9 Å². The van der Waals surface area contributed by atoms with Crippen molar-refractivity contribution in [1.29, 1.82) is 0 Å². The largest absolute Gasteiger partial charge is 0.573 e. The van der Waals surface area contributed by atoms with Crippen molar-refractivity contribution in [1.82, 2.24) is 4.31 Å². The average Bonchev–Trinajstić information content (AvgIpc) is 3.44. The van der Waals surface area contributed by atoms with Gasteiger partial charge in [-0.2, -0.15) is 4.31 Å². The number of sulfonamides is 1. The van der Waals surface area contributed by atoms with Crippen molar-refractivity contribution in [3.8, 4) is 5.75 Å². The van der Waals surface area contributed by atoms with E-state index >= 15 is 0 Å². The first-order valence-electron chi connectivity index (χ1n) is 9.22. The number of allylic oxidation sites excluding steroid dienone is 1. The molecule has 1 heterocycles. The number of carbonyl (C=O) groups excluding carboxylic acids is 1. The molecule has 0 N–H and O–H groups in total. The van der Waals surface area contributed by atoms with Crippen LogP contribution in [0.25, 0.3) is 0 Å². The number of piperidine rings is 1. The first-order chi connectivity index (χ1) is 13.1. The molecule has 2 fully saturated rings. The van der Waals surface area contributed by atoms with Crippen LogP contribution in [0.5, 0.6) is 5.75 Å². The Bertz CT molecular complexity index is 843. The lowest BCUT2D eigenvalue weighted by atomic mass is 10.0. The van der Waals surface area contributed by atoms with Gasteiger partial charge in [-0.25, -0.2) is 8.42 Å². The summed E-state index contributed by atoms with van der Waals surface area (Å²) in [6, 6.07) is 4.13. The van der Waals surface area contributed by atoms with E-state index in [-0.39, 0.29) is 17.2 Å². The van der Waals surface area contributed by atoms with Crippen LogP contribution in [0.2, 0.25) is 0 Å². The number of hydrogen-bond acceptors (Lipinski definition) is 4. The second-order valence-electron chi connectivity index (χ2n) is 7.21. The Labute approximate surface area is 162 Å². The third kappa shape index (κ3) is 5.81. The average molecular weight is 417 g/mol. The summed E-state index contributed by atoms with van der Waals surface area (Å²) in [6.45, 7) is 0.426. The van der Waals surface area contributed by atoms with Crippen LogP contribution in [0.4, 0.5) is 13.2 Å². The summed E-state index contributed by atoms with van der Waals surface area (Å²) < 4.78 is 67.3. The summed E-state index contributed by atoms with van der Waals surface area (Å²) in [5.41, 5.74) is 0.771. The molecule has 1 aliphatic heterocycles. The van der Waals surface area contributed by atoms with Gasteiger partial charge in [-0.1, -0.05) is 18.4 Å². The molecular formula is C19H22F3NO4S. The molecule has 0 unspecified atom stereocenters. The van der Waals surface area contributed by atoms with Crippen LogP contribution in [0.1, 0.15) is 38.5 Å². The molecule has 0 spiro atoms. The quantitative estimate of drug-likeness (QED) is 0.628. The molecular weight excluding hydrogens is 395 g/mol. The van der Waals surface area contributed by atoms with Gasteiger partial charge in [-0.3, -0.25) is 4.79 Å². The minimum Gasteiger partial charge on any atom is -0.406 e. The molecule has 0 bridgehead atoms. The van der Waals surface area contributed by atoms with Gasteiger partial charge in [0.15, 0.2) is 5.78 Å². The zero-order chi connectivity index (χ0) is 20.4. The molecule has 1 aromatic rings. The highest BCUT2D eigenvalue weighted by Gasteiger charge is 2.32. The molecule has 1 saturated carbocycles. The number of nitrogens with zero attached hydrogens (tertiary/aromatic N) is 1. The van der Waals surface area contributed by atoms with Gasteiger partial charge in [-0.05, 0) is 55.5 Å². The molecule has 2 aliphatic rings. The highest BCUT2D eigenvalue weighted by molar-refractivity contribution is 7.89. The summed E-state index contributed by atoms with van der Waals surface area (Å²) in [4.78, 5) is 12.0. The molecule has 0 radical (unpaired) electrons. The Hall–Kier alpha value is -1.87. The summed E-state index contributed by atoms with van der Waals surface area (Å²) in [5, 5.41) is 0. The van der Waals surface area contributed by atoms with Gasteiger partial charge in [0, 0.05) is 19.5 Å². The minimum absolute atomic E-state index is 0.0230. The molecule has 0 amide bonds. The molecule has 0 aromatic heterocycles. The van der Waals surface area contributed by atoms with Crippen LogP contribution in [0.3, 0.4) is 0 Å². The van der Waals surface area contributed by atoms with Gasteiger partial charge in [0.1, 0.15) is 5.75 Å². The van der Waals surface area contributed by atoms with Crippen molar-refractivity contribution in [2.75, 3.05) is 13.1 Å². The van der Waals surface area contributed by atoms with E-state index in [9.17, 15) is 26.4 Å². The number of ketones is 1. The maximum atomic E-state index is 12.8. The van der Waals surface area contributed by atoms with Gasteiger partial charge in [0.05, 0.1) is 4.90 Å². The van der Waals surface area contributed by atoms with Gasteiger partial charge in [0.2, 0.25) is 10.0 Å². The Morgan fingerprint density at radius 3 is 2.50 bits per heavy atom. The number of rotatable bonds is 7. The van der Waals surface area contributed by atoms with E-state index < -0.39 is 22.1 Å². The van der Waals surface area contributed by atoms with Crippen LogP contribution in [-0.4, -0.2) is 38.0 Å². The summed E-state index contributed by atoms with van der Waals surface area (Å²) in [6.07, 6.45) is 1.73. The molecule has 154 valence electrons. The van der Waals surface area contributed by atoms with Crippen molar-refractivity contribution < 1.29 is 31.1 Å². The fraction of sp³-hybridized carbons (Fsp3) is 0.526. The molecule has 1 saturated heterocycles. The van der Waals surface area contributed by atoms with E-state index in [2.05, 4.69) is 4.74 Å². The zero-order valence-corrected chi connectivity index (χ0v) is 16.1. The number of ether oxygens (including phenoxy) is 1. The number of halogens is 3. The molecule has 0 atom stereocenters. The second kappa shape index (κ2) is 8.24. The van der Waals surface area contributed by atoms with Crippen LogP contribution in [0, 0.1) is 5.92 Å². The third-order valence-electron chi connectivity index (χ3n) is 4.84. The molecule has 3 rings (SSSR count). The molecule has 5 nitrogen and oxygen atoms in total. The van der Waals surface area contributed by atoms with Crippen molar-refractivity contribution in [2.45, 2.75) is 49.8 Å². The van der Waals surface area contributed by atoms with Crippen molar-refractivity contribution in [2.24, 2.45) is 5.92 Å². The lowest BCUT2D eigenvalue weighted by Crippen LogP contribution is -2.37. The van der Waals surface area contributed by atoms with Gasteiger partial charge in [-0.15, -0.1) is 13.2 Å². The van der Waals surface area contributed by atoms with E-state index in [1.807, 2.05) is 0 Å². The first-order valence-corrected chi connectivity index (χ1v) is 10.7. The standard InChI is InChI=1S/C19H22F3NO4S/c20-19(21,22)27-17-7-9-18(10-8-17)28(25,26)23-11-1-2-15(13-23)12-16(24)6-5-14-3-4-14/h7-10,12,14H,1-6,11,13H2/b15-12+. The Morgan fingerprint density at radius 1 is 1.21 bits per heavy atom. The number of carbonyl (C=O) groups is 1. The Balaban J connectivity index is 1.66. The first kappa shape index (κ1) is 20.9. The second-order valence-corrected chi connectivity index (χ2v) is 9.15. The van der Waals surface area contributed by atoms with Gasteiger partial charge in [0.25, 0.3) is 0 Å². The van der Waals surface area contributed by atoms with Crippen molar-refractivity contribution >= 4 is 15.8 Å². The van der Waals surface area contributed by atoms with E-state index in [4.69, 9.17) is 0 Å². The maximum Gasteiger partial charge on any atom is 0.573 e. The van der Waals surface area contributed by atoms with Crippen LogP contribution in [0.15, 0.2) is 40.8 Å². The number of hydrogen-bond donors (Lipinski definition) is 0. The van der Waals surface area contributed by atoms with Crippen LogP contribution >= 0.6 is 0 Å². The monoisotopic (exact) mass is 417 g/mol. The molecule has 9 heteroatoms. The number of benzene rings is 1. The normalized spacial score (nSPS) is 20.3. The Kier molecular flexibility index (Phi) is 6.14. The highest BCUT2D eigenvalue weighted by Crippen LogP contribution is 2.33. The van der Waals surface area contributed by atoms with E-state index in [0.29, 0.717) is 31.7 Å². The van der Waals surface area contributed by atoms with Crippen molar-refractivity contribution in [3.63, 3.8) is 0 Å². The van der Waals surface area contributed by atoms with Crippen LogP contribution < -0.4 is 4.74 Å². The van der Waals surface area contributed by atoms with E-state index in [1.165, 1.54) is 17.1 Å². The summed E-state index contributed by atoms with van der Waals surface area (Å²) in [5.74, 6) is 0.205. The summed E-state index contributed by atoms with van der Waals surface area (Å²) in [7, 11) is -3.86.